The number of pyridine rings is 1. The maximum Gasteiger partial charge on any atom is 0.266 e. The van der Waals surface area contributed by atoms with E-state index in [1.807, 2.05) is 0 Å². The summed E-state index contributed by atoms with van der Waals surface area (Å²) in [5, 5.41) is 3.81. The van der Waals surface area contributed by atoms with Gasteiger partial charge in [-0.25, -0.2) is 4.39 Å². The summed E-state index contributed by atoms with van der Waals surface area (Å²) in [5.41, 5.74) is -1.12. The molecule has 110 valence electrons. The molecule has 0 aromatic carbocycles. The highest BCUT2D eigenvalue weighted by Crippen LogP contribution is 2.35. The molecule has 1 saturated heterocycles. The first-order valence-electron chi connectivity index (χ1n) is 6.77. The lowest BCUT2D eigenvalue weighted by Crippen LogP contribution is -2.45. The Labute approximate surface area is 121 Å². The zero-order chi connectivity index (χ0) is 14.9. The topological polar surface area (TPSA) is 72.1 Å². The van der Waals surface area contributed by atoms with Crippen LogP contribution in [0.25, 0.3) is 11.4 Å². The monoisotopic (exact) mass is 290 g/mol. The van der Waals surface area contributed by atoms with E-state index < -0.39 is 5.67 Å². The van der Waals surface area contributed by atoms with Crippen LogP contribution in [0.3, 0.4) is 0 Å². The smallest absolute Gasteiger partial charge is 0.266 e. The molecule has 2 aromatic rings. The minimum absolute atomic E-state index is 0.0446. The van der Waals surface area contributed by atoms with E-state index in [2.05, 4.69) is 15.1 Å². The van der Waals surface area contributed by atoms with Crippen LogP contribution in [0.4, 0.5) is 4.39 Å². The largest absolute Gasteiger partial charge is 0.339 e. The van der Waals surface area contributed by atoms with Crippen molar-refractivity contribution >= 4 is 5.91 Å². The van der Waals surface area contributed by atoms with Gasteiger partial charge in [-0.2, -0.15) is 4.98 Å². The van der Waals surface area contributed by atoms with Gasteiger partial charge in [-0.05, 0) is 25.0 Å². The lowest BCUT2D eigenvalue weighted by molar-refractivity contribution is -0.133. The molecule has 1 unspecified atom stereocenters. The molecule has 3 heterocycles. The number of piperidine rings is 1. The number of rotatable bonds is 2. The van der Waals surface area contributed by atoms with Gasteiger partial charge in [0.15, 0.2) is 0 Å². The van der Waals surface area contributed by atoms with Gasteiger partial charge in [0.1, 0.15) is 0 Å². The number of alkyl halides is 1. The van der Waals surface area contributed by atoms with Crippen molar-refractivity contribution in [1.29, 1.82) is 0 Å². The molecule has 0 aliphatic carbocycles. The van der Waals surface area contributed by atoms with Crippen molar-refractivity contribution in [2.24, 2.45) is 0 Å². The fourth-order valence-electron chi connectivity index (χ4n) is 2.47. The number of carbonyl (C=O) groups is 1. The highest BCUT2D eigenvalue weighted by Gasteiger charge is 2.43. The maximum atomic E-state index is 15.0. The normalized spacial score (nSPS) is 22.3. The fraction of sp³-hybridized carbons (Fsp3) is 0.429. The number of hydrogen-bond acceptors (Lipinski definition) is 5. The molecule has 21 heavy (non-hydrogen) atoms. The van der Waals surface area contributed by atoms with Crippen molar-refractivity contribution in [1.82, 2.24) is 20.0 Å². The molecule has 0 saturated carbocycles. The summed E-state index contributed by atoms with van der Waals surface area (Å²) in [6, 6.07) is 3.52. The molecule has 6 nitrogen and oxygen atoms in total. The number of hydrogen-bond donors (Lipinski definition) is 0. The van der Waals surface area contributed by atoms with Crippen LogP contribution in [-0.4, -0.2) is 39.0 Å². The van der Waals surface area contributed by atoms with Crippen molar-refractivity contribution in [2.45, 2.75) is 25.4 Å². The Bertz CT molecular complexity index is 645. The number of aromatic nitrogens is 3. The molecule has 0 spiro atoms. The van der Waals surface area contributed by atoms with E-state index in [0.717, 1.165) is 0 Å². The molecule has 0 bridgehead atoms. The Morgan fingerprint density at radius 1 is 1.52 bits per heavy atom. The van der Waals surface area contributed by atoms with E-state index in [0.29, 0.717) is 24.4 Å². The van der Waals surface area contributed by atoms with E-state index in [9.17, 15) is 4.79 Å². The second-order valence-electron chi connectivity index (χ2n) is 5.17. The van der Waals surface area contributed by atoms with Crippen LogP contribution in [0.5, 0.6) is 0 Å². The fourth-order valence-corrected chi connectivity index (χ4v) is 2.47. The molecule has 1 fully saturated rings. The molecule has 2 aromatic heterocycles. The highest BCUT2D eigenvalue weighted by atomic mass is 19.1. The van der Waals surface area contributed by atoms with Gasteiger partial charge in [-0.15, -0.1) is 0 Å². The standard InChI is InChI=1S/C14H15FN4O2/c1-10(20)19-7-3-5-14(15,9-19)13-17-12(18-21-13)11-4-2-6-16-8-11/h2,4,6,8H,3,5,7,9H2,1H3. The molecule has 0 N–H and O–H groups in total. The first-order chi connectivity index (χ1) is 10.1. The number of halogens is 1. The molecular formula is C14H15FN4O2. The number of amides is 1. The van der Waals surface area contributed by atoms with Gasteiger partial charge >= 0.3 is 0 Å². The third-order valence-corrected chi connectivity index (χ3v) is 3.62. The van der Waals surface area contributed by atoms with Crippen molar-refractivity contribution in [2.75, 3.05) is 13.1 Å². The summed E-state index contributed by atoms with van der Waals surface area (Å²) in [6.45, 7) is 1.95. The molecule has 7 heteroatoms. The molecule has 1 aliphatic rings. The molecule has 3 rings (SSSR count). The average molecular weight is 290 g/mol. The predicted octanol–water partition coefficient (Wildman–Crippen LogP) is 1.94. The lowest BCUT2D eigenvalue weighted by atomic mass is 9.94. The van der Waals surface area contributed by atoms with Gasteiger partial charge in [0, 0.05) is 31.4 Å². The molecular weight excluding hydrogens is 275 g/mol. The maximum absolute atomic E-state index is 15.0. The molecule has 1 amide bonds. The Kier molecular flexibility index (Phi) is 3.40. The van der Waals surface area contributed by atoms with Crippen LogP contribution in [-0.2, 0) is 10.5 Å². The van der Waals surface area contributed by atoms with Crippen molar-refractivity contribution in [3.8, 4) is 11.4 Å². The van der Waals surface area contributed by atoms with Gasteiger partial charge < -0.3 is 9.42 Å². The summed E-state index contributed by atoms with van der Waals surface area (Å²) < 4.78 is 20.1. The van der Waals surface area contributed by atoms with Crippen LogP contribution < -0.4 is 0 Å². The zero-order valence-electron chi connectivity index (χ0n) is 11.6. The Morgan fingerprint density at radius 3 is 3.10 bits per heavy atom. The summed E-state index contributed by atoms with van der Waals surface area (Å²) in [7, 11) is 0. The Morgan fingerprint density at radius 2 is 2.38 bits per heavy atom. The van der Waals surface area contributed by atoms with Crippen molar-refractivity contribution < 1.29 is 13.7 Å². The number of carbonyl (C=O) groups excluding carboxylic acids is 1. The van der Waals surface area contributed by atoms with E-state index in [1.165, 1.54) is 11.8 Å². The minimum atomic E-state index is -1.78. The first-order valence-corrected chi connectivity index (χ1v) is 6.77. The summed E-state index contributed by atoms with van der Waals surface area (Å²) in [5.74, 6) is 0.0751. The third kappa shape index (κ3) is 2.63. The van der Waals surface area contributed by atoms with Crippen LogP contribution >= 0.6 is 0 Å². The molecule has 1 aliphatic heterocycles. The summed E-state index contributed by atoms with van der Waals surface area (Å²) in [6.07, 6.45) is 4.06. The van der Waals surface area contributed by atoms with Crippen LogP contribution in [0.15, 0.2) is 29.0 Å². The van der Waals surface area contributed by atoms with E-state index in [1.54, 1.807) is 24.5 Å². The zero-order valence-corrected chi connectivity index (χ0v) is 11.6. The van der Waals surface area contributed by atoms with Crippen LogP contribution in [0.1, 0.15) is 25.7 Å². The minimum Gasteiger partial charge on any atom is -0.339 e. The van der Waals surface area contributed by atoms with Crippen LogP contribution in [0.2, 0.25) is 0 Å². The van der Waals surface area contributed by atoms with Crippen molar-refractivity contribution in [3.05, 3.63) is 30.4 Å². The van der Waals surface area contributed by atoms with Crippen LogP contribution in [0, 0.1) is 0 Å². The highest BCUT2D eigenvalue weighted by molar-refractivity contribution is 5.73. The van der Waals surface area contributed by atoms with E-state index >= 15 is 4.39 Å². The SMILES string of the molecule is CC(=O)N1CCCC(F)(c2nc(-c3cccnc3)no2)C1. The summed E-state index contributed by atoms with van der Waals surface area (Å²) in [4.78, 5) is 21.0. The number of nitrogens with zero attached hydrogens (tertiary/aromatic N) is 4. The van der Waals surface area contributed by atoms with Gasteiger partial charge in [-0.3, -0.25) is 9.78 Å². The Hall–Kier alpha value is -2.31. The van der Waals surface area contributed by atoms with Gasteiger partial charge in [0.05, 0.1) is 6.54 Å². The quantitative estimate of drug-likeness (QED) is 0.845. The second kappa shape index (κ2) is 5.23. The number of likely N-dealkylation sites (tertiary alicyclic amines) is 1. The summed E-state index contributed by atoms with van der Waals surface area (Å²) >= 11 is 0. The first kappa shape index (κ1) is 13.7. The second-order valence-corrected chi connectivity index (χ2v) is 5.17. The predicted molar refractivity (Wildman–Crippen MR) is 71.8 cm³/mol. The van der Waals surface area contributed by atoms with Gasteiger partial charge in [0.2, 0.25) is 17.4 Å². The molecule has 0 radical (unpaired) electrons. The third-order valence-electron chi connectivity index (χ3n) is 3.62. The lowest BCUT2D eigenvalue weighted by Gasteiger charge is -2.34. The average Bonchev–Trinajstić information content (AvgIpc) is 2.99. The van der Waals surface area contributed by atoms with Crippen molar-refractivity contribution in [3.63, 3.8) is 0 Å². The van der Waals surface area contributed by atoms with Gasteiger partial charge in [0.25, 0.3) is 5.89 Å². The Balaban J connectivity index is 1.87. The van der Waals surface area contributed by atoms with E-state index in [4.69, 9.17) is 4.52 Å². The van der Waals surface area contributed by atoms with E-state index in [-0.39, 0.29) is 24.8 Å². The van der Waals surface area contributed by atoms with Gasteiger partial charge in [-0.1, -0.05) is 5.16 Å². The molecule has 1 atom stereocenters.